The molecule has 0 aliphatic heterocycles. The van der Waals surface area contributed by atoms with Crippen LogP contribution in [0.4, 0.5) is 4.39 Å². The summed E-state index contributed by atoms with van der Waals surface area (Å²) in [5, 5.41) is 19.7. The van der Waals surface area contributed by atoms with E-state index >= 15 is 0 Å². The highest BCUT2D eigenvalue weighted by Crippen LogP contribution is 2.59. The minimum atomic E-state index is -0.278. The quantitative estimate of drug-likeness (QED) is 0.174. The van der Waals surface area contributed by atoms with Crippen LogP contribution in [0.15, 0.2) is 90.4 Å². The van der Waals surface area contributed by atoms with E-state index in [1.165, 1.54) is 6.07 Å². The van der Waals surface area contributed by atoms with Gasteiger partial charge in [-0.1, -0.05) is 52.8 Å². The second-order valence-electron chi connectivity index (χ2n) is 13.2. The van der Waals surface area contributed by atoms with E-state index in [9.17, 15) is 9.65 Å². The number of nitrogens with two attached hydrogens (primary N) is 1. The molecule has 4 aliphatic carbocycles. The fraction of sp³-hybridized carbons (Fsp3) is 0.410. The third-order valence-corrected chi connectivity index (χ3v) is 10.1. The van der Waals surface area contributed by atoms with Crippen LogP contribution in [0.1, 0.15) is 88.2 Å². The summed E-state index contributed by atoms with van der Waals surface area (Å²) in [5.41, 5.74) is 14.8. The van der Waals surface area contributed by atoms with Gasteiger partial charge in [-0.25, -0.2) is 14.4 Å². The van der Waals surface area contributed by atoms with E-state index in [2.05, 4.69) is 59.9 Å². The van der Waals surface area contributed by atoms with Gasteiger partial charge >= 0.3 is 0 Å². The van der Waals surface area contributed by atoms with E-state index in [0.717, 1.165) is 78.9 Å². The lowest BCUT2D eigenvalue weighted by Crippen LogP contribution is -2.46. The molecule has 48 heavy (non-hydrogen) atoms. The number of halogens is 1. The lowest BCUT2D eigenvalue weighted by molar-refractivity contribution is 0.0204. The molecule has 2 bridgehead atoms. The number of aromatic nitrogens is 2. The van der Waals surface area contributed by atoms with Gasteiger partial charge in [0.15, 0.2) is 0 Å². The average Bonchev–Trinajstić information content (AvgIpc) is 3.10. The Balaban J connectivity index is 0.00000255. The lowest BCUT2D eigenvalue weighted by Gasteiger charge is -2.53. The molecule has 0 unspecified atom stereocenters. The number of allylic oxidation sites excluding steroid dienone is 4. The molecule has 5 N–H and O–H groups in total. The number of rotatable bonds is 13. The van der Waals surface area contributed by atoms with Gasteiger partial charge < -0.3 is 26.3 Å². The van der Waals surface area contributed by atoms with Crippen LogP contribution in [-0.4, -0.2) is 16.1 Å². The van der Waals surface area contributed by atoms with Crippen molar-refractivity contribution in [1.82, 2.24) is 25.5 Å². The Kier molecular flexibility index (Phi) is 11.2. The van der Waals surface area contributed by atoms with Crippen molar-refractivity contribution in [3.63, 3.8) is 0 Å². The van der Waals surface area contributed by atoms with Gasteiger partial charge in [0.2, 0.25) is 5.62 Å². The first-order valence-electron chi connectivity index (χ1n) is 16.8. The van der Waals surface area contributed by atoms with Gasteiger partial charge in [0.05, 0.1) is 34.5 Å². The summed E-state index contributed by atoms with van der Waals surface area (Å²) in [5.74, 6) is -0.278. The lowest BCUT2D eigenvalue weighted by atomic mass is 9.52. The summed E-state index contributed by atoms with van der Waals surface area (Å²) in [4.78, 5) is 9.35. The molecule has 3 saturated carbocycles. The highest BCUT2D eigenvalue weighted by molar-refractivity contribution is 5.65. The average molecular weight is 651 g/mol. The van der Waals surface area contributed by atoms with Gasteiger partial charge in [0.1, 0.15) is 5.82 Å². The van der Waals surface area contributed by atoms with E-state index in [4.69, 9.17) is 10.7 Å². The third-order valence-electron chi connectivity index (χ3n) is 10.1. The van der Waals surface area contributed by atoms with Crippen LogP contribution in [0.2, 0.25) is 0 Å². The molecule has 1 heterocycles. The molecule has 0 amide bonds. The van der Waals surface area contributed by atoms with E-state index < -0.39 is 0 Å². The summed E-state index contributed by atoms with van der Waals surface area (Å²) >= 11 is 0. The van der Waals surface area contributed by atoms with Crippen LogP contribution < -0.4 is 27.3 Å². The third kappa shape index (κ3) is 7.65. The maximum absolute atomic E-state index is 14.6. The van der Waals surface area contributed by atoms with Crippen LogP contribution in [0.3, 0.4) is 0 Å². The zero-order valence-corrected chi connectivity index (χ0v) is 29.2. The van der Waals surface area contributed by atoms with Gasteiger partial charge in [0, 0.05) is 61.0 Å². The Labute approximate surface area is 285 Å². The van der Waals surface area contributed by atoms with Crippen LogP contribution in [-0.2, 0) is 20.1 Å². The van der Waals surface area contributed by atoms with Crippen molar-refractivity contribution in [2.45, 2.75) is 78.8 Å². The molecule has 0 atom stereocenters. The minimum absolute atomic E-state index is 0.00297. The van der Waals surface area contributed by atoms with E-state index in [1.54, 1.807) is 6.07 Å². The Hall–Kier alpha value is -4.84. The van der Waals surface area contributed by atoms with Crippen LogP contribution >= 0.6 is 0 Å². The molecule has 254 valence electrons. The summed E-state index contributed by atoms with van der Waals surface area (Å²) in [7, 11) is 1.91. The van der Waals surface area contributed by atoms with Crippen molar-refractivity contribution in [2.75, 3.05) is 6.54 Å². The Morgan fingerprint density at radius 2 is 1.71 bits per heavy atom. The van der Waals surface area contributed by atoms with Crippen LogP contribution in [0.5, 0.6) is 0 Å². The molecule has 3 fully saturated rings. The number of nitriles is 1. The van der Waals surface area contributed by atoms with Crippen molar-refractivity contribution in [2.24, 2.45) is 28.6 Å². The number of benzene rings is 1. The van der Waals surface area contributed by atoms with E-state index in [1.807, 2.05) is 44.5 Å². The molecule has 0 radical (unpaired) electrons. The Bertz CT molecular complexity index is 1760. The highest BCUT2D eigenvalue weighted by Gasteiger charge is 2.49. The number of nitrogens with zero attached hydrogens (tertiary/aromatic N) is 4. The standard InChI is InChI=1S/C37H45FN8.C2H6/c1-23(2)44-35-45-31(26(5)41-20-28-8-9-30(38)29(17-28)21-42-32-16-24(3)34(32)40)18-33(46(35)7)27(6)43-22-36-10-13-37(14-11-36,15-12-36)25(4)19-39;1-2/h8-9,17-18,41-43H,1,3-6,10-16,20-22,40H2,2,7H3;1-2H3. The number of nitrogens with one attached hydrogen (secondary N) is 3. The molecular weight excluding hydrogens is 599 g/mol. The van der Waals surface area contributed by atoms with E-state index in [-0.39, 0.29) is 16.6 Å². The zero-order chi connectivity index (χ0) is 35.2. The predicted octanol–water partition coefficient (Wildman–Crippen LogP) is 6.98. The van der Waals surface area contributed by atoms with Gasteiger partial charge in [-0.05, 0) is 80.2 Å². The second-order valence-corrected chi connectivity index (χ2v) is 13.2. The summed E-state index contributed by atoms with van der Waals surface area (Å²) in [6.45, 7) is 28.0. The molecule has 6 rings (SSSR count). The van der Waals surface area contributed by atoms with Gasteiger partial charge in [-0.2, -0.15) is 5.26 Å². The molecule has 1 aromatic carbocycles. The molecule has 0 spiro atoms. The SMILES string of the molecule is C=C(C)N=c1nc(C(=C)NCc2ccc(F)c(CNC3=C(N)C(=C)C3)c2)cc(C(=C)NCC23CCC(C(=C)C#N)(CC2)CC3)n1C.CC. The largest absolute Gasteiger partial charge is 0.397 e. The highest BCUT2D eigenvalue weighted by atomic mass is 19.1. The Morgan fingerprint density at radius 3 is 2.29 bits per heavy atom. The first kappa shape index (κ1) is 36.0. The first-order chi connectivity index (χ1) is 22.8. The fourth-order valence-electron chi connectivity index (χ4n) is 6.79. The van der Waals surface area contributed by atoms with Gasteiger partial charge in [-0.3, -0.25) is 0 Å². The summed E-state index contributed by atoms with van der Waals surface area (Å²) < 4.78 is 16.5. The molecule has 4 aliphatic rings. The van der Waals surface area contributed by atoms with Crippen molar-refractivity contribution >= 4 is 11.4 Å². The maximum atomic E-state index is 14.6. The molecule has 1 aromatic heterocycles. The second kappa shape index (κ2) is 14.9. The molecule has 8 nitrogen and oxygen atoms in total. The number of hydrogen-bond acceptors (Lipinski definition) is 7. The van der Waals surface area contributed by atoms with Crippen molar-refractivity contribution < 1.29 is 4.39 Å². The summed E-state index contributed by atoms with van der Waals surface area (Å²) in [6.07, 6.45) is 6.96. The molecule has 0 saturated heterocycles. The zero-order valence-electron chi connectivity index (χ0n) is 29.2. The molecular formula is C39H51FN8. The smallest absolute Gasteiger partial charge is 0.230 e. The predicted molar refractivity (Wildman–Crippen MR) is 193 cm³/mol. The minimum Gasteiger partial charge on any atom is -0.397 e. The van der Waals surface area contributed by atoms with Gasteiger partial charge in [0.25, 0.3) is 0 Å². The number of fused-ring (bicyclic) bond motifs is 3. The van der Waals surface area contributed by atoms with Crippen LogP contribution in [0.25, 0.3) is 11.4 Å². The fourth-order valence-corrected chi connectivity index (χ4v) is 6.79. The first-order valence-corrected chi connectivity index (χ1v) is 16.8. The number of hydrogen-bond donors (Lipinski definition) is 4. The Morgan fingerprint density at radius 1 is 1.04 bits per heavy atom. The van der Waals surface area contributed by atoms with Gasteiger partial charge in [-0.15, -0.1) is 0 Å². The molecule has 2 aromatic rings. The topological polar surface area (TPSA) is 116 Å². The monoisotopic (exact) mass is 650 g/mol. The van der Waals surface area contributed by atoms with E-state index in [0.29, 0.717) is 53.5 Å². The maximum Gasteiger partial charge on any atom is 0.230 e. The normalized spacial score (nSPS) is 21.3. The van der Waals surface area contributed by atoms with Crippen molar-refractivity contribution in [3.05, 3.63) is 119 Å². The van der Waals surface area contributed by atoms with Crippen molar-refractivity contribution in [3.8, 4) is 6.07 Å². The van der Waals surface area contributed by atoms with Crippen LogP contribution in [0, 0.1) is 28.0 Å². The summed E-state index contributed by atoms with van der Waals surface area (Å²) in [6, 6.07) is 9.35. The van der Waals surface area contributed by atoms with Crippen molar-refractivity contribution in [1.29, 1.82) is 5.26 Å². The molecule has 9 heteroatoms.